The Morgan fingerprint density at radius 2 is 1.67 bits per heavy atom. The molecule has 3 aromatic carbocycles. The van der Waals surface area contributed by atoms with E-state index in [0.29, 0.717) is 6.54 Å². The SMILES string of the molecule is Cc1cccc(OCC(O)Cn2c(Cc3ccccc3)nc3ccccc32)c1C.Cl. The zero-order chi connectivity index (χ0) is 20.2. The van der Waals surface area contributed by atoms with Crippen LogP contribution in [-0.2, 0) is 13.0 Å². The molecule has 0 fully saturated rings. The number of imidazole rings is 1. The van der Waals surface area contributed by atoms with Gasteiger partial charge in [0.15, 0.2) is 0 Å². The Morgan fingerprint density at radius 1 is 0.933 bits per heavy atom. The lowest BCUT2D eigenvalue weighted by atomic mass is 10.1. The third-order valence-electron chi connectivity index (χ3n) is 5.32. The summed E-state index contributed by atoms with van der Waals surface area (Å²) in [5.74, 6) is 1.77. The third kappa shape index (κ3) is 4.84. The molecule has 4 rings (SSSR count). The summed E-state index contributed by atoms with van der Waals surface area (Å²) in [6, 6.07) is 24.3. The smallest absolute Gasteiger partial charge is 0.122 e. The molecule has 0 spiro atoms. The summed E-state index contributed by atoms with van der Waals surface area (Å²) in [5.41, 5.74) is 5.47. The van der Waals surface area contributed by atoms with Gasteiger partial charge in [0.05, 0.1) is 17.6 Å². The van der Waals surface area contributed by atoms with Crippen molar-refractivity contribution in [3.63, 3.8) is 0 Å². The number of aryl methyl sites for hydroxylation is 1. The van der Waals surface area contributed by atoms with Crippen molar-refractivity contribution in [1.82, 2.24) is 9.55 Å². The number of ether oxygens (including phenoxy) is 1. The van der Waals surface area contributed by atoms with Gasteiger partial charge in [0.2, 0.25) is 0 Å². The summed E-state index contributed by atoms with van der Waals surface area (Å²) >= 11 is 0. The first-order chi connectivity index (χ1) is 14.1. The van der Waals surface area contributed by atoms with E-state index in [1.54, 1.807) is 0 Å². The molecule has 0 saturated carbocycles. The second-order valence-corrected chi connectivity index (χ2v) is 7.45. The number of hydrogen-bond acceptors (Lipinski definition) is 3. The van der Waals surface area contributed by atoms with E-state index >= 15 is 0 Å². The maximum atomic E-state index is 10.7. The minimum absolute atomic E-state index is 0. The summed E-state index contributed by atoms with van der Waals surface area (Å²) < 4.78 is 8.03. The highest BCUT2D eigenvalue weighted by molar-refractivity contribution is 5.85. The lowest BCUT2D eigenvalue weighted by Crippen LogP contribution is -2.25. The molecule has 1 atom stereocenters. The second-order valence-electron chi connectivity index (χ2n) is 7.45. The standard InChI is InChI=1S/C25H26N2O2.ClH/c1-18-9-8-14-24(19(18)2)29-17-21(28)16-27-23-13-7-6-12-22(23)26-25(27)15-20-10-4-3-5-11-20;/h3-14,21,28H,15-17H2,1-2H3;1H. The predicted molar refractivity (Wildman–Crippen MR) is 124 cm³/mol. The largest absolute Gasteiger partial charge is 0.491 e. The zero-order valence-electron chi connectivity index (χ0n) is 17.3. The number of halogens is 1. The number of rotatable bonds is 7. The molecular formula is C25H27ClN2O2. The summed E-state index contributed by atoms with van der Waals surface area (Å²) in [6.45, 7) is 4.78. The summed E-state index contributed by atoms with van der Waals surface area (Å²) in [6.07, 6.45) is 0.0853. The normalized spacial score (nSPS) is 11.8. The number of aliphatic hydroxyl groups is 1. The molecule has 1 aromatic heterocycles. The highest BCUT2D eigenvalue weighted by Gasteiger charge is 2.15. The van der Waals surface area contributed by atoms with Crippen LogP contribution < -0.4 is 4.74 Å². The van der Waals surface area contributed by atoms with Gasteiger partial charge in [0.25, 0.3) is 0 Å². The average Bonchev–Trinajstić information content (AvgIpc) is 3.07. The van der Waals surface area contributed by atoms with Crippen molar-refractivity contribution < 1.29 is 9.84 Å². The van der Waals surface area contributed by atoms with Crippen molar-refractivity contribution in [3.8, 4) is 5.75 Å². The second kappa shape index (κ2) is 9.79. The molecule has 156 valence electrons. The Hall–Kier alpha value is -2.82. The Balaban J connectivity index is 0.00000256. The van der Waals surface area contributed by atoms with E-state index in [-0.39, 0.29) is 19.0 Å². The van der Waals surface area contributed by atoms with Crippen LogP contribution in [0.5, 0.6) is 5.75 Å². The van der Waals surface area contributed by atoms with Crippen LogP contribution in [0.15, 0.2) is 72.8 Å². The van der Waals surface area contributed by atoms with Crippen LogP contribution in [0.25, 0.3) is 11.0 Å². The van der Waals surface area contributed by atoms with Crippen molar-refractivity contribution in [2.24, 2.45) is 0 Å². The molecule has 0 saturated heterocycles. The van der Waals surface area contributed by atoms with Crippen LogP contribution >= 0.6 is 12.4 Å². The third-order valence-corrected chi connectivity index (χ3v) is 5.32. The van der Waals surface area contributed by atoms with Crippen LogP contribution in [0.4, 0.5) is 0 Å². The first-order valence-electron chi connectivity index (χ1n) is 9.97. The number of aliphatic hydroxyl groups excluding tert-OH is 1. The van der Waals surface area contributed by atoms with Crippen molar-refractivity contribution in [3.05, 3.63) is 95.3 Å². The van der Waals surface area contributed by atoms with E-state index in [1.807, 2.05) is 55.5 Å². The van der Waals surface area contributed by atoms with Gasteiger partial charge in [-0.15, -0.1) is 12.4 Å². The van der Waals surface area contributed by atoms with Crippen molar-refractivity contribution in [2.45, 2.75) is 32.9 Å². The maximum absolute atomic E-state index is 10.7. The number of hydrogen-bond donors (Lipinski definition) is 1. The van der Waals surface area contributed by atoms with Crippen molar-refractivity contribution in [2.75, 3.05) is 6.61 Å². The fraction of sp³-hybridized carbons (Fsp3) is 0.240. The number of fused-ring (bicyclic) bond motifs is 1. The van der Waals surface area contributed by atoms with E-state index in [2.05, 4.69) is 35.8 Å². The Kier molecular flexibility index (Phi) is 7.14. The summed E-state index contributed by atoms with van der Waals surface area (Å²) in [5, 5.41) is 10.7. The molecule has 0 aliphatic carbocycles. The Labute approximate surface area is 183 Å². The van der Waals surface area contributed by atoms with E-state index in [4.69, 9.17) is 9.72 Å². The fourth-order valence-corrected chi connectivity index (χ4v) is 3.57. The molecule has 0 radical (unpaired) electrons. The molecule has 4 aromatic rings. The van der Waals surface area contributed by atoms with E-state index in [1.165, 1.54) is 11.1 Å². The van der Waals surface area contributed by atoms with Crippen LogP contribution in [0.3, 0.4) is 0 Å². The maximum Gasteiger partial charge on any atom is 0.122 e. The van der Waals surface area contributed by atoms with Crippen LogP contribution in [0.2, 0.25) is 0 Å². The number of para-hydroxylation sites is 2. The van der Waals surface area contributed by atoms with E-state index in [9.17, 15) is 5.11 Å². The lowest BCUT2D eigenvalue weighted by molar-refractivity contribution is 0.0924. The lowest BCUT2D eigenvalue weighted by Gasteiger charge is -2.17. The Morgan fingerprint density at radius 3 is 2.47 bits per heavy atom. The van der Waals surface area contributed by atoms with E-state index < -0.39 is 6.10 Å². The van der Waals surface area contributed by atoms with Crippen LogP contribution in [0.1, 0.15) is 22.5 Å². The topological polar surface area (TPSA) is 47.3 Å². The van der Waals surface area contributed by atoms with Gasteiger partial charge in [-0.1, -0.05) is 54.6 Å². The molecule has 30 heavy (non-hydrogen) atoms. The molecule has 0 bridgehead atoms. The van der Waals surface area contributed by atoms with Gasteiger partial charge in [-0.25, -0.2) is 4.98 Å². The minimum atomic E-state index is -0.637. The van der Waals surface area contributed by atoms with Gasteiger partial charge >= 0.3 is 0 Å². The highest BCUT2D eigenvalue weighted by Crippen LogP contribution is 2.22. The van der Waals surface area contributed by atoms with Crippen molar-refractivity contribution in [1.29, 1.82) is 0 Å². The number of benzene rings is 3. The predicted octanol–water partition coefficient (Wildman–Crippen LogP) is 5.11. The monoisotopic (exact) mass is 422 g/mol. The van der Waals surface area contributed by atoms with Crippen molar-refractivity contribution >= 4 is 23.4 Å². The Bertz CT molecular complexity index is 1110. The molecule has 5 heteroatoms. The average molecular weight is 423 g/mol. The van der Waals surface area contributed by atoms with E-state index in [0.717, 1.165) is 34.6 Å². The minimum Gasteiger partial charge on any atom is -0.491 e. The molecule has 0 amide bonds. The molecule has 1 heterocycles. The summed E-state index contributed by atoms with van der Waals surface area (Å²) in [7, 11) is 0. The van der Waals surface area contributed by atoms with Gasteiger partial charge in [0.1, 0.15) is 24.3 Å². The summed E-state index contributed by atoms with van der Waals surface area (Å²) in [4.78, 5) is 4.82. The molecule has 0 aliphatic rings. The molecule has 1 unspecified atom stereocenters. The van der Waals surface area contributed by atoms with Gasteiger partial charge < -0.3 is 14.4 Å². The zero-order valence-corrected chi connectivity index (χ0v) is 18.1. The van der Waals surface area contributed by atoms with Gasteiger partial charge in [-0.3, -0.25) is 0 Å². The molecule has 0 aliphatic heterocycles. The van der Waals surface area contributed by atoms with Crippen LogP contribution in [-0.4, -0.2) is 27.4 Å². The molecule has 1 N–H and O–H groups in total. The van der Waals surface area contributed by atoms with Gasteiger partial charge in [-0.05, 0) is 48.7 Å². The molecular weight excluding hydrogens is 396 g/mol. The highest BCUT2D eigenvalue weighted by atomic mass is 35.5. The first kappa shape index (κ1) is 21.9. The van der Waals surface area contributed by atoms with Crippen LogP contribution in [0, 0.1) is 13.8 Å². The molecule has 4 nitrogen and oxygen atoms in total. The first-order valence-corrected chi connectivity index (χ1v) is 9.97. The number of aromatic nitrogens is 2. The van der Waals surface area contributed by atoms with Gasteiger partial charge in [0, 0.05) is 6.42 Å². The quantitative estimate of drug-likeness (QED) is 0.450. The number of nitrogens with zero attached hydrogens (tertiary/aromatic N) is 2. The van der Waals surface area contributed by atoms with Gasteiger partial charge in [-0.2, -0.15) is 0 Å². The fourth-order valence-electron chi connectivity index (χ4n) is 3.57.